The number of aromatic nitrogens is 1. The normalized spacial score (nSPS) is 15.2. The molecule has 4 nitrogen and oxygen atoms in total. The maximum atomic E-state index is 11.7. The molecule has 1 aliphatic carbocycles. The van der Waals surface area contributed by atoms with Gasteiger partial charge in [-0.05, 0) is 25.0 Å². The van der Waals surface area contributed by atoms with E-state index in [-0.39, 0.29) is 11.8 Å². The topological polar surface area (TPSA) is 59.2 Å². The van der Waals surface area contributed by atoms with E-state index in [0.717, 1.165) is 18.5 Å². The van der Waals surface area contributed by atoms with E-state index in [0.29, 0.717) is 5.82 Å². The van der Waals surface area contributed by atoms with Crippen LogP contribution in [-0.2, 0) is 4.79 Å². The van der Waals surface area contributed by atoms with Gasteiger partial charge in [0.15, 0.2) is 0 Å². The van der Waals surface area contributed by atoms with Crippen molar-refractivity contribution >= 4 is 17.4 Å². The van der Waals surface area contributed by atoms with E-state index in [1.165, 1.54) is 0 Å². The molecular formula is C10H13N3O. The molecule has 1 fully saturated rings. The van der Waals surface area contributed by atoms with Crippen LogP contribution in [0.5, 0.6) is 0 Å². The van der Waals surface area contributed by atoms with E-state index in [1.54, 1.807) is 24.2 Å². The van der Waals surface area contributed by atoms with Crippen LogP contribution >= 0.6 is 0 Å². The second kappa shape index (κ2) is 3.29. The average molecular weight is 191 g/mol. The molecule has 1 aromatic rings. The first-order valence-electron chi connectivity index (χ1n) is 4.67. The second-order valence-electron chi connectivity index (χ2n) is 3.61. The molecule has 1 aliphatic rings. The summed E-state index contributed by atoms with van der Waals surface area (Å²) in [5.41, 5.74) is 6.26. The summed E-state index contributed by atoms with van der Waals surface area (Å²) in [6.45, 7) is 0. The summed E-state index contributed by atoms with van der Waals surface area (Å²) >= 11 is 0. The van der Waals surface area contributed by atoms with Crippen LogP contribution in [0.15, 0.2) is 18.3 Å². The van der Waals surface area contributed by atoms with Crippen molar-refractivity contribution in [2.24, 2.45) is 5.92 Å². The Morgan fingerprint density at radius 2 is 2.29 bits per heavy atom. The Balaban J connectivity index is 2.13. The lowest BCUT2D eigenvalue weighted by Gasteiger charge is -2.16. The van der Waals surface area contributed by atoms with Gasteiger partial charge in [-0.15, -0.1) is 0 Å². The second-order valence-corrected chi connectivity index (χ2v) is 3.61. The lowest BCUT2D eigenvalue weighted by Crippen LogP contribution is -2.27. The molecule has 2 rings (SSSR count). The predicted molar refractivity (Wildman–Crippen MR) is 54.8 cm³/mol. The van der Waals surface area contributed by atoms with E-state index in [9.17, 15) is 4.79 Å². The summed E-state index contributed by atoms with van der Waals surface area (Å²) in [4.78, 5) is 17.2. The Morgan fingerprint density at radius 1 is 1.57 bits per heavy atom. The smallest absolute Gasteiger partial charge is 0.229 e. The summed E-state index contributed by atoms with van der Waals surface area (Å²) in [6.07, 6.45) is 3.66. The molecule has 1 amide bonds. The van der Waals surface area contributed by atoms with Crippen LogP contribution < -0.4 is 10.6 Å². The van der Waals surface area contributed by atoms with Gasteiger partial charge in [-0.25, -0.2) is 4.98 Å². The third-order valence-electron chi connectivity index (χ3n) is 2.42. The van der Waals surface area contributed by atoms with Gasteiger partial charge in [0.2, 0.25) is 5.91 Å². The number of amides is 1. The zero-order valence-electron chi connectivity index (χ0n) is 8.10. The van der Waals surface area contributed by atoms with Gasteiger partial charge in [0.25, 0.3) is 0 Å². The van der Waals surface area contributed by atoms with Crippen molar-refractivity contribution in [1.82, 2.24) is 4.98 Å². The van der Waals surface area contributed by atoms with Crippen LogP contribution in [0.2, 0.25) is 0 Å². The number of nitrogen functional groups attached to an aromatic ring is 1. The molecule has 0 spiro atoms. The quantitative estimate of drug-likeness (QED) is 0.759. The molecule has 0 saturated heterocycles. The number of carbonyl (C=O) groups excluding carboxylic acids is 1. The van der Waals surface area contributed by atoms with Crippen LogP contribution in [0.3, 0.4) is 0 Å². The third-order valence-corrected chi connectivity index (χ3v) is 2.42. The Labute approximate surface area is 82.7 Å². The molecular weight excluding hydrogens is 178 g/mol. The first kappa shape index (κ1) is 8.99. The maximum absolute atomic E-state index is 11.7. The van der Waals surface area contributed by atoms with Gasteiger partial charge < -0.3 is 10.6 Å². The van der Waals surface area contributed by atoms with Crippen molar-refractivity contribution in [1.29, 1.82) is 0 Å². The lowest BCUT2D eigenvalue weighted by molar-refractivity contribution is -0.119. The summed E-state index contributed by atoms with van der Waals surface area (Å²) in [5, 5.41) is 0. The molecule has 14 heavy (non-hydrogen) atoms. The van der Waals surface area contributed by atoms with Crippen LogP contribution in [-0.4, -0.2) is 17.9 Å². The van der Waals surface area contributed by atoms with Gasteiger partial charge in [0.05, 0.1) is 11.9 Å². The molecule has 1 aromatic heterocycles. The van der Waals surface area contributed by atoms with E-state index < -0.39 is 0 Å². The summed E-state index contributed by atoms with van der Waals surface area (Å²) in [7, 11) is 1.77. The Kier molecular flexibility index (Phi) is 2.11. The summed E-state index contributed by atoms with van der Waals surface area (Å²) < 4.78 is 0. The summed E-state index contributed by atoms with van der Waals surface area (Å²) in [6, 6.07) is 3.51. The van der Waals surface area contributed by atoms with Crippen molar-refractivity contribution in [3.8, 4) is 0 Å². The predicted octanol–water partition coefficient (Wildman–Crippen LogP) is 1.04. The number of hydrogen-bond donors (Lipinski definition) is 1. The monoisotopic (exact) mass is 191 g/mol. The van der Waals surface area contributed by atoms with Crippen LogP contribution in [0.1, 0.15) is 12.8 Å². The molecule has 74 valence electrons. The number of rotatable bonds is 2. The average Bonchev–Trinajstić information content (AvgIpc) is 3.00. The number of nitrogens with zero attached hydrogens (tertiary/aromatic N) is 2. The van der Waals surface area contributed by atoms with E-state index >= 15 is 0 Å². The molecule has 1 saturated carbocycles. The number of hydrogen-bond acceptors (Lipinski definition) is 3. The van der Waals surface area contributed by atoms with Crippen molar-refractivity contribution in [2.45, 2.75) is 12.8 Å². The SMILES string of the molecule is CN(C(=O)C1CC1)c1ccc(N)nc1. The fourth-order valence-corrected chi connectivity index (χ4v) is 1.33. The number of carbonyl (C=O) groups is 1. The lowest BCUT2D eigenvalue weighted by atomic mass is 10.3. The van der Waals surface area contributed by atoms with Crippen molar-refractivity contribution in [3.05, 3.63) is 18.3 Å². The number of nitrogens with two attached hydrogens (primary N) is 1. The Morgan fingerprint density at radius 3 is 2.79 bits per heavy atom. The molecule has 1 heterocycles. The maximum Gasteiger partial charge on any atom is 0.229 e. The largest absolute Gasteiger partial charge is 0.384 e. The van der Waals surface area contributed by atoms with Gasteiger partial charge in [0.1, 0.15) is 5.82 Å². The van der Waals surface area contributed by atoms with Gasteiger partial charge in [-0.2, -0.15) is 0 Å². The zero-order chi connectivity index (χ0) is 10.1. The van der Waals surface area contributed by atoms with Gasteiger partial charge in [-0.3, -0.25) is 4.79 Å². The van der Waals surface area contributed by atoms with E-state index in [4.69, 9.17) is 5.73 Å². The summed E-state index contributed by atoms with van der Waals surface area (Å²) in [5.74, 6) is 0.884. The molecule has 0 unspecified atom stereocenters. The minimum absolute atomic E-state index is 0.177. The molecule has 0 atom stereocenters. The zero-order valence-corrected chi connectivity index (χ0v) is 8.10. The fourth-order valence-electron chi connectivity index (χ4n) is 1.33. The Bertz CT molecular complexity index is 343. The minimum atomic E-state index is 0.177. The van der Waals surface area contributed by atoms with Crippen molar-refractivity contribution in [3.63, 3.8) is 0 Å². The number of pyridine rings is 1. The first-order valence-corrected chi connectivity index (χ1v) is 4.67. The first-order chi connectivity index (χ1) is 6.68. The number of anilines is 2. The van der Waals surface area contributed by atoms with Gasteiger partial charge >= 0.3 is 0 Å². The fraction of sp³-hybridized carbons (Fsp3) is 0.400. The van der Waals surface area contributed by atoms with Crippen LogP contribution in [0, 0.1) is 5.92 Å². The van der Waals surface area contributed by atoms with Gasteiger partial charge in [-0.1, -0.05) is 0 Å². The highest BCUT2D eigenvalue weighted by molar-refractivity contribution is 5.95. The highest BCUT2D eigenvalue weighted by Gasteiger charge is 2.32. The molecule has 0 radical (unpaired) electrons. The highest BCUT2D eigenvalue weighted by Crippen LogP contribution is 2.31. The van der Waals surface area contributed by atoms with Gasteiger partial charge in [0, 0.05) is 13.0 Å². The highest BCUT2D eigenvalue weighted by atomic mass is 16.2. The molecule has 0 aliphatic heterocycles. The molecule has 2 N–H and O–H groups in total. The van der Waals surface area contributed by atoms with Crippen molar-refractivity contribution < 1.29 is 4.79 Å². The minimum Gasteiger partial charge on any atom is -0.384 e. The van der Waals surface area contributed by atoms with E-state index in [2.05, 4.69) is 4.98 Å². The molecule has 4 heteroatoms. The third kappa shape index (κ3) is 1.69. The van der Waals surface area contributed by atoms with Crippen molar-refractivity contribution in [2.75, 3.05) is 17.7 Å². The Hall–Kier alpha value is -1.58. The van der Waals surface area contributed by atoms with E-state index in [1.807, 2.05) is 6.07 Å². The molecule has 0 aromatic carbocycles. The standard InChI is InChI=1S/C10H13N3O/c1-13(10(14)7-2-3-7)8-4-5-9(11)12-6-8/h4-7H,2-3H2,1H3,(H2,11,12). The van der Waals surface area contributed by atoms with Crippen LogP contribution in [0.4, 0.5) is 11.5 Å². The van der Waals surface area contributed by atoms with Crippen LogP contribution in [0.25, 0.3) is 0 Å². The molecule has 0 bridgehead atoms.